The summed E-state index contributed by atoms with van der Waals surface area (Å²) in [6.07, 6.45) is -2.19. The van der Waals surface area contributed by atoms with Crippen molar-refractivity contribution in [3.8, 4) is 0 Å². The number of carbonyl (C=O) groups is 2. The molecule has 1 aromatic rings. The van der Waals surface area contributed by atoms with E-state index in [0.29, 0.717) is 48.2 Å². The zero-order valence-corrected chi connectivity index (χ0v) is 17.7. The van der Waals surface area contributed by atoms with E-state index in [1.54, 1.807) is 6.07 Å². The molecule has 0 atom stereocenters. The summed E-state index contributed by atoms with van der Waals surface area (Å²) in [4.78, 5) is 26.9. The number of ketones is 2. The molecule has 0 saturated carbocycles. The molecule has 160 valence electrons. The molecule has 0 aromatic heterocycles. The minimum Gasteiger partial charge on any atom is -0.362 e. The van der Waals surface area contributed by atoms with E-state index < -0.39 is 28.5 Å². The predicted molar refractivity (Wildman–Crippen MR) is 107 cm³/mol. The largest absolute Gasteiger partial charge is 0.416 e. The minimum atomic E-state index is -4.58. The zero-order chi connectivity index (χ0) is 22.1. The van der Waals surface area contributed by atoms with E-state index in [0.717, 1.165) is 6.07 Å². The Labute approximate surface area is 174 Å². The third-order valence-corrected chi connectivity index (χ3v) is 6.83. The van der Waals surface area contributed by atoms with E-state index in [1.165, 1.54) is 12.1 Å². The molecule has 1 aliphatic heterocycles. The Morgan fingerprint density at radius 3 is 1.80 bits per heavy atom. The first kappa shape index (κ1) is 20.9. The molecule has 0 unspecified atom stereocenters. The number of hydrogen-bond donors (Lipinski definition) is 1. The van der Waals surface area contributed by atoms with E-state index in [9.17, 15) is 22.8 Å². The van der Waals surface area contributed by atoms with Crippen molar-refractivity contribution < 1.29 is 22.8 Å². The Bertz CT molecular complexity index is 960. The fraction of sp³-hybridized carbons (Fsp3) is 0.500. The molecule has 3 nitrogen and oxygen atoms in total. The van der Waals surface area contributed by atoms with Gasteiger partial charge in [-0.25, -0.2) is 0 Å². The number of allylic oxidation sites excluding steroid dienone is 4. The normalized spacial score (nSPS) is 23.8. The van der Waals surface area contributed by atoms with E-state index in [2.05, 4.69) is 5.32 Å². The Morgan fingerprint density at radius 2 is 1.33 bits per heavy atom. The van der Waals surface area contributed by atoms with Crippen LogP contribution in [-0.4, -0.2) is 11.6 Å². The number of alkyl halides is 3. The van der Waals surface area contributed by atoms with Crippen molar-refractivity contribution in [1.82, 2.24) is 5.32 Å². The smallest absolute Gasteiger partial charge is 0.362 e. The van der Waals surface area contributed by atoms with Crippen molar-refractivity contribution in [2.24, 2.45) is 10.8 Å². The van der Waals surface area contributed by atoms with Crippen LogP contribution in [0.3, 0.4) is 0 Å². The molecule has 4 rings (SSSR count). The van der Waals surface area contributed by atoms with Gasteiger partial charge in [0.15, 0.2) is 11.6 Å². The van der Waals surface area contributed by atoms with Gasteiger partial charge in [0.05, 0.1) is 5.56 Å². The van der Waals surface area contributed by atoms with Crippen molar-refractivity contribution in [1.29, 1.82) is 0 Å². The van der Waals surface area contributed by atoms with Gasteiger partial charge in [0, 0.05) is 39.3 Å². The van der Waals surface area contributed by atoms with Crippen LogP contribution in [0, 0.1) is 10.8 Å². The number of Topliss-reactive ketones (excluding diaryl/α,β-unsaturated/α-hetero) is 2. The van der Waals surface area contributed by atoms with Gasteiger partial charge < -0.3 is 5.32 Å². The Balaban J connectivity index is 2.01. The zero-order valence-electron chi connectivity index (χ0n) is 17.7. The van der Waals surface area contributed by atoms with Crippen molar-refractivity contribution in [2.45, 2.75) is 65.5 Å². The lowest BCUT2D eigenvalue weighted by Crippen LogP contribution is -2.44. The van der Waals surface area contributed by atoms with E-state index in [-0.39, 0.29) is 17.1 Å². The molecule has 6 heteroatoms. The van der Waals surface area contributed by atoms with Crippen molar-refractivity contribution in [3.05, 3.63) is 57.9 Å². The molecule has 0 amide bonds. The van der Waals surface area contributed by atoms with Gasteiger partial charge in [-0.1, -0.05) is 45.9 Å². The van der Waals surface area contributed by atoms with Crippen LogP contribution >= 0.6 is 0 Å². The highest BCUT2D eigenvalue weighted by molar-refractivity contribution is 6.09. The summed E-state index contributed by atoms with van der Waals surface area (Å²) in [6.45, 7) is 7.29. The lowest BCUT2D eigenvalue weighted by Gasteiger charge is -2.44. The SMILES string of the molecule is CC1(C)CCC2=C(C1=O)C(c1ccccc1C(F)(F)F)C1=C(CCC(C)(C)C1=O)N2. The predicted octanol–water partition coefficient (Wildman–Crippen LogP) is 5.68. The Hall–Kier alpha value is -2.37. The van der Waals surface area contributed by atoms with Crippen molar-refractivity contribution in [2.75, 3.05) is 0 Å². The summed E-state index contributed by atoms with van der Waals surface area (Å²) in [7, 11) is 0. The highest BCUT2D eigenvalue weighted by atomic mass is 19.4. The highest BCUT2D eigenvalue weighted by Gasteiger charge is 2.50. The summed E-state index contributed by atoms with van der Waals surface area (Å²) in [5.74, 6) is -1.35. The topological polar surface area (TPSA) is 46.2 Å². The summed E-state index contributed by atoms with van der Waals surface area (Å²) in [6, 6.07) is 5.34. The van der Waals surface area contributed by atoms with Crippen molar-refractivity contribution >= 4 is 11.6 Å². The Kier molecular flexibility index (Phi) is 4.57. The lowest BCUT2D eigenvalue weighted by atomic mass is 9.62. The average Bonchev–Trinajstić information content (AvgIpc) is 2.66. The number of halogens is 3. The molecule has 0 bridgehead atoms. The highest BCUT2D eigenvalue weighted by Crippen LogP contribution is 2.52. The number of hydrogen-bond acceptors (Lipinski definition) is 3. The fourth-order valence-corrected chi connectivity index (χ4v) is 4.89. The monoisotopic (exact) mass is 417 g/mol. The molecule has 3 aliphatic rings. The van der Waals surface area contributed by atoms with Gasteiger partial charge in [-0.2, -0.15) is 13.2 Å². The number of benzene rings is 1. The molecular weight excluding hydrogens is 391 g/mol. The van der Waals surface area contributed by atoms with Gasteiger partial charge in [-0.05, 0) is 37.3 Å². The van der Waals surface area contributed by atoms with Crippen LogP contribution in [0.1, 0.15) is 70.4 Å². The molecule has 1 N–H and O–H groups in total. The molecule has 0 spiro atoms. The van der Waals surface area contributed by atoms with Gasteiger partial charge in [-0.15, -0.1) is 0 Å². The van der Waals surface area contributed by atoms with E-state index in [4.69, 9.17) is 0 Å². The molecule has 1 heterocycles. The lowest BCUT2D eigenvalue weighted by molar-refractivity contribution is -0.138. The molecule has 2 aliphatic carbocycles. The standard InChI is InChI=1S/C24H26F3NO2/c1-22(2)11-9-15-18(20(22)29)17(13-7-5-6-8-14(13)24(25,26)27)19-16(28-15)10-12-23(3,4)21(19)30/h5-8,17,28H,9-12H2,1-4H3. The van der Waals surface area contributed by atoms with Crippen LogP contribution in [-0.2, 0) is 15.8 Å². The molecular formula is C24H26F3NO2. The third-order valence-electron chi connectivity index (χ3n) is 6.83. The maximum absolute atomic E-state index is 13.9. The Morgan fingerprint density at radius 1 is 0.867 bits per heavy atom. The van der Waals surface area contributed by atoms with Gasteiger partial charge in [0.25, 0.3) is 0 Å². The number of carbonyl (C=O) groups excluding carboxylic acids is 2. The van der Waals surface area contributed by atoms with Crippen molar-refractivity contribution in [3.63, 3.8) is 0 Å². The second-order valence-corrected chi connectivity index (χ2v) is 9.85. The summed E-state index contributed by atoms with van der Waals surface area (Å²) >= 11 is 0. The van der Waals surface area contributed by atoms with Crippen LogP contribution < -0.4 is 5.32 Å². The maximum Gasteiger partial charge on any atom is 0.416 e. The number of dihydropyridines is 1. The second-order valence-electron chi connectivity index (χ2n) is 9.85. The van der Waals surface area contributed by atoms with Crippen LogP contribution in [0.25, 0.3) is 0 Å². The maximum atomic E-state index is 13.9. The average molecular weight is 417 g/mol. The van der Waals surface area contributed by atoms with Crippen LogP contribution in [0.15, 0.2) is 46.8 Å². The van der Waals surface area contributed by atoms with Crippen LogP contribution in [0.4, 0.5) is 13.2 Å². The van der Waals surface area contributed by atoms with Gasteiger partial charge in [0.1, 0.15) is 0 Å². The van der Waals surface area contributed by atoms with Crippen LogP contribution in [0.5, 0.6) is 0 Å². The third kappa shape index (κ3) is 3.12. The van der Waals surface area contributed by atoms with Gasteiger partial charge in [-0.3, -0.25) is 9.59 Å². The quantitative estimate of drug-likeness (QED) is 0.640. The first-order valence-corrected chi connectivity index (χ1v) is 10.3. The summed E-state index contributed by atoms with van der Waals surface area (Å²) in [5, 5.41) is 3.29. The van der Waals surface area contributed by atoms with Crippen LogP contribution in [0.2, 0.25) is 0 Å². The molecule has 0 saturated heterocycles. The molecule has 0 fully saturated rings. The summed E-state index contributed by atoms with van der Waals surface area (Å²) < 4.78 is 41.8. The second kappa shape index (κ2) is 6.56. The first-order chi connectivity index (χ1) is 13.8. The van der Waals surface area contributed by atoms with E-state index >= 15 is 0 Å². The first-order valence-electron chi connectivity index (χ1n) is 10.3. The van der Waals surface area contributed by atoms with Gasteiger partial charge >= 0.3 is 6.18 Å². The number of nitrogens with one attached hydrogen (secondary N) is 1. The summed E-state index contributed by atoms with van der Waals surface area (Å²) in [5.41, 5.74) is -0.166. The van der Waals surface area contributed by atoms with E-state index in [1.807, 2.05) is 27.7 Å². The fourth-order valence-electron chi connectivity index (χ4n) is 4.89. The number of rotatable bonds is 1. The molecule has 0 radical (unpaired) electrons. The molecule has 1 aromatic carbocycles. The molecule has 30 heavy (non-hydrogen) atoms. The minimum absolute atomic E-state index is 0.0106. The van der Waals surface area contributed by atoms with Gasteiger partial charge in [0.2, 0.25) is 0 Å².